The fourth-order valence-corrected chi connectivity index (χ4v) is 2.50. The molecule has 1 heterocycles. The van der Waals surface area contributed by atoms with Crippen molar-refractivity contribution < 1.29 is 9.90 Å². The summed E-state index contributed by atoms with van der Waals surface area (Å²) in [4.78, 5) is 14.4. The first kappa shape index (κ1) is 14.5. The van der Waals surface area contributed by atoms with Gasteiger partial charge in [-0.2, -0.15) is 0 Å². The average molecular weight is 276 g/mol. The third kappa shape index (κ3) is 5.06. The van der Waals surface area contributed by atoms with Gasteiger partial charge in [0, 0.05) is 11.4 Å². The first-order valence-corrected chi connectivity index (χ1v) is 7.13. The monoisotopic (exact) mass is 275 g/mol. The van der Waals surface area contributed by atoms with Crippen molar-refractivity contribution >= 4 is 28.8 Å². The van der Waals surface area contributed by atoms with Crippen LogP contribution >= 0.6 is 22.9 Å². The molecule has 0 saturated heterocycles. The lowest BCUT2D eigenvalue weighted by Crippen LogP contribution is -2.37. The van der Waals surface area contributed by atoms with Crippen molar-refractivity contribution in [1.29, 1.82) is 0 Å². The Morgan fingerprint density at radius 3 is 2.94 bits per heavy atom. The van der Waals surface area contributed by atoms with Crippen molar-refractivity contribution in [2.45, 2.75) is 32.4 Å². The van der Waals surface area contributed by atoms with Gasteiger partial charge < -0.3 is 10.0 Å². The van der Waals surface area contributed by atoms with Gasteiger partial charge in [-0.3, -0.25) is 4.79 Å². The van der Waals surface area contributed by atoms with Crippen LogP contribution in [0.3, 0.4) is 0 Å². The van der Waals surface area contributed by atoms with E-state index in [1.165, 1.54) is 0 Å². The van der Waals surface area contributed by atoms with Gasteiger partial charge in [-0.15, -0.1) is 22.9 Å². The third-order valence-corrected chi connectivity index (χ3v) is 3.54. The summed E-state index contributed by atoms with van der Waals surface area (Å²) in [6.45, 7) is 2.90. The van der Waals surface area contributed by atoms with Crippen LogP contribution in [0.25, 0.3) is 0 Å². The Kier molecular flexibility index (Phi) is 6.55. The first-order valence-electron chi connectivity index (χ1n) is 5.71. The highest BCUT2D eigenvalue weighted by Crippen LogP contribution is 2.13. The topological polar surface area (TPSA) is 40.5 Å². The molecule has 1 aromatic heterocycles. The molecule has 0 aliphatic heterocycles. The molecule has 0 aromatic carbocycles. The number of thiophene rings is 1. The molecule has 1 atom stereocenters. The molecule has 0 aliphatic rings. The zero-order valence-corrected chi connectivity index (χ0v) is 11.5. The molecule has 96 valence electrons. The molecule has 0 fully saturated rings. The van der Waals surface area contributed by atoms with Crippen molar-refractivity contribution in [3.8, 4) is 0 Å². The van der Waals surface area contributed by atoms with Crippen molar-refractivity contribution in [3.05, 3.63) is 22.4 Å². The molecule has 3 nitrogen and oxygen atoms in total. The Morgan fingerprint density at radius 2 is 2.41 bits per heavy atom. The number of alkyl halides is 1. The highest BCUT2D eigenvalue weighted by Gasteiger charge is 2.17. The fraction of sp³-hybridized carbons (Fsp3) is 0.583. The van der Waals surface area contributed by atoms with Gasteiger partial charge in [0.25, 0.3) is 0 Å². The molecule has 1 rings (SSSR count). The van der Waals surface area contributed by atoms with Gasteiger partial charge >= 0.3 is 0 Å². The number of halogens is 1. The molecule has 0 aliphatic carbocycles. The molecule has 17 heavy (non-hydrogen) atoms. The number of aliphatic hydroxyl groups excluding tert-OH is 1. The number of carbonyl (C=O) groups excluding carboxylic acids is 1. The van der Waals surface area contributed by atoms with E-state index in [4.69, 9.17) is 11.6 Å². The summed E-state index contributed by atoms with van der Waals surface area (Å²) in [7, 11) is 0. The molecular formula is C12H18ClNO2S. The summed E-state index contributed by atoms with van der Waals surface area (Å²) in [6.07, 6.45) is 1.15. The van der Waals surface area contributed by atoms with E-state index < -0.39 is 6.10 Å². The Bertz CT molecular complexity index is 329. The fourth-order valence-electron chi connectivity index (χ4n) is 1.61. The van der Waals surface area contributed by atoms with E-state index >= 15 is 0 Å². The molecule has 1 aromatic rings. The zero-order valence-electron chi connectivity index (χ0n) is 9.93. The highest BCUT2D eigenvalue weighted by atomic mass is 35.5. The lowest BCUT2D eigenvalue weighted by atomic mass is 10.2. The SMILES string of the molecule is CCCC(O)CN(Cc1cccs1)C(=O)CCl. The van der Waals surface area contributed by atoms with Crippen LogP contribution in [0.15, 0.2) is 17.5 Å². The molecule has 1 amide bonds. The maximum absolute atomic E-state index is 11.7. The van der Waals surface area contributed by atoms with Gasteiger partial charge in [-0.25, -0.2) is 0 Å². The Balaban J connectivity index is 2.57. The third-order valence-electron chi connectivity index (χ3n) is 2.45. The number of rotatable bonds is 7. The van der Waals surface area contributed by atoms with Crippen LogP contribution in [0.1, 0.15) is 24.6 Å². The zero-order chi connectivity index (χ0) is 12.7. The second kappa shape index (κ2) is 7.69. The van der Waals surface area contributed by atoms with E-state index in [-0.39, 0.29) is 11.8 Å². The van der Waals surface area contributed by atoms with Crippen molar-refractivity contribution in [2.75, 3.05) is 12.4 Å². The van der Waals surface area contributed by atoms with Gasteiger partial charge in [-0.05, 0) is 17.9 Å². The molecule has 0 spiro atoms. The number of carbonyl (C=O) groups is 1. The predicted octanol–water partition coefficient (Wildman–Crippen LogP) is 2.48. The Labute approximate surface area is 111 Å². The van der Waals surface area contributed by atoms with Crippen molar-refractivity contribution in [1.82, 2.24) is 4.90 Å². The highest BCUT2D eigenvalue weighted by molar-refractivity contribution is 7.09. The largest absolute Gasteiger partial charge is 0.391 e. The van der Waals surface area contributed by atoms with Gasteiger partial charge in [0.1, 0.15) is 5.88 Å². The smallest absolute Gasteiger partial charge is 0.237 e. The molecule has 1 unspecified atom stereocenters. The van der Waals surface area contributed by atoms with E-state index in [1.54, 1.807) is 16.2 Å². The molecule has 0 radical (unpaired) electrons. The Morgan fingerprint density at radius 1 is 1.65 bits per heavy atom. The predicted molar refractivity (Wildman–Crippen MR) is 71.4 cm³/mol. The number of aliphatic hydroxyl groups is 1. The molecule has 0 saturated carbocycles. The van der Waals surface area contributed by atoms with Crippen LogP contribution < -0.4 is 0 Å². The molecule has 1 N–H and O–H groups in total. The standard InChI is InChI=1S/C12H18ClNO2S/c1-2-4-10(15)8-14(12(16)7-13)9-11-5-3-6-17-11/h3,5-6,10,15H,2,4,7-9H2,1H3. The lowest BCUT2D eigenvalue weighted by molar-refractivity contribution is -0.130. The van der Waals surface area contributed by atoms with E-state index in [2.05, 4.69) is 0 Å². The summed E-state index contributed by atoms with van der Waals surface area (Å²) in [6, 6.07) is 3.93. The maximum atomic E-state index is 11.7. The average Bonchev–Trinajstić information content (AvgIpc) is 2.80. The number of amides is 1. The summed E-state index contributed by atoms with van der Waals surface area (Å²) in [5.41, 5.74) is 0. The van der Waals surface area contributed by atoms with Crippen molar-refractivity contribution in [2.24, 2.45) is 0 Å². The van der Waals surface area contributed by atoms with Crippen LogP contribution in [0.4, 0.5) is 0 Å². The minimum Gasteiger partial charge on any atom is -0.391 e. The van der Waals surface area contributed by atoms with E-state index in [1.807, 2.05) is 24.4 Å². The van der Waals surface area contributed by atoms with Crippen LogP contribution in [0.2, 0.25) is 0 Å². The summed E-state index contributed by atoms with van der Waals surface area (Å²) in [5, 5.41) is 11.7. The van der Waals surface area contributed by atoms with Gasteiger partial charge in [0.15, 0.2) is 0 Å². The van der Waals surface area contributed by atoms with Crippen LogP contribution in [-0.4, -0.2) is 34.4 Å². The Hall–Kier alpha value is -0.580. The van der Waals surface area contributed by atoms with Gasteiger partial charge in [0.05, 0.1) is 12.6 Å². The first-order chi connectivity index (χ1) is 8.17. The lowest BCUT2D eigenvalue weighted by Gasteiger charge is -2.24. The quantitative estimate of drug-likeness (QED) is 0.777. The maximum Gasteiger partial charge on any atom is 0.237 e. The van der Waals surface area contributed by atoms with Crippen molar-refractivity contribution in [3.63, 3.8) is 0 Å². The summed E-state index contributed by atoms with van der Waals surface area (Å²) < 4.78 is 0. The minimum absolute atomic E-state index is 0.0375. The number of hydrogen-bond donors (Lipinski definition) is 1. The summed E-state index contributed by atoms with van der Waals surface area (Å²) in [5.74, 6) is -0.167. The van der Waals surface area contributed by atoms with Gasteiger partial charge in [-0.1, -0.05) is 19.4 Å². The van der Waals surface area contributed by atoms with E-state index in [0.29, 0.717) is 19.5 Å². The van der Waals surface area contributed by atoms with E-state index in [9.17, 15) is 9.90 Å². The molecule has 5 heteroatoms. The van der Waals surface area contributed by atoms with Crippen LogP contribution in [0, 0.1) is 0 Å². The van der Waals surface area contributed by atoms with E-state index in [0.717, 1.165) is 11.3 Å². The number of hydrogen-bond acceptors (Lipinski definition) is 3. The molecular weight excluding hydrogens is 258 g/mol. The normalized spacial score (nSPS) is 12.4. The van der Waals surface area contributed by atoms with Crippen LogP contribution in [0.5, 0.6) is 0 Å². The minimum atomic E-state index is -0.466. The second-order valence-electron chi connectivity index (χ2n) is 3.93. The van der Waals surface area contributed by atoms with Crippen LogP contribution in [-0.2, 0) is 11.3 Å². The number of nitrogens with zero attached hydrogens (tertiary/aromatic N) is 1. The second-order valence-corrected chi connectivity index (χ2v) is 5.23. The molecule has 0 bridgehead atoms. The summed E-state index contributed by atoms with van der Waals surface area (Å²) >= 11 is 7.18. The van der Waals surface area contributed by atoms with Gasteiger partial charge in [0.2, 0.25) is 5.91 Å².